The maximum atomic E-state index is 12.6. The fourth-order valence-corrected chi connectivity index (χ4v) is 3.55. The summed E-state index contributed by atoms with van der Waals surface area (Å²) in [7, 11) is 6.34. The zero-order valence-electron chi connectivity index (χ0n) is 13.0. The summed E-state index contributed by atoms with van der Waals surface area (Å²) in [5, 5.41) is 0. The number of benzene rings is 1. The monoisotopic (exact) mass is 297 g/mol. The first-order valence-corrected chi connectivity index (χ1v) is 8.24. The van der Waals surface area contributed by atoms with E-state index in [1.807, 2.05) is 65.6 Å². The topological polar surface area (TPSA) is 37.4 Å². The molecule has 0 aliphatic rings. The minimum atomic E-state index is -3.30. The highest BCUT2D eigenvalue weighted by Crippen LogP contribution is 2.22. The Labute approximate surface area is 122 Å². The molecule has 0 aromatic heterocycles. The maximum absolute atomic E-state index is 12.6. The highest BCUT2D eigenvalue weighted by atomic mass is 32.2. The number of hydrogen-bond donors (Lipinski definition) is 0. The van der Waals surface area contributed by atoms with E-state index in [0.29, 0.717) is 15.9 Å². The molecule has 5 heteroatoms. The van der Waals surface area contributed by atoms with Crippen LogP contribution in [0.15, 0.2) is 36.5 Å². The van der Waals surface area contributed by atoms with Gasteiger partial charge < -0.3 is 9.38 Å². The maximum Gasteiger partial charge on any atom is 0.185 e. The SMILES string of the molecule is CN(C)/C=C(\c1ccccc1)S(=O)(=O)CC[N+](C)(C)C. The van der Waals surface area contributed by atoms with E-state index in [1.54, 1.807) is 11.1 Å². The summed E-state index contributed by atoms with van der Waals surface area (Å²) in [5.74, 6) is 0.144. The van der Waals surface area contributed by atoms with Gasteiger partial charge in [-0.3, -0.25) is 0 Å². The van der Waals surface area contributed by atoms with Crippen molar-refractivity contribution in [1.29, 1.82) is 0 Å². The minimum absolute atomic E-state index is 0.144. The van der Waals surface area contributed by atoms with Crippen LogP contribution in [-0.4, -0.2) is 65.3 Å². The quantitative estimate of drug-likeness (QED) is 0.750. The summed E-state index contributed by atoms with van der Waals surface area (Å²) in [5.41, 5.74) is 0.739. The van der Waals surface area contributed by atoms with Crippen LogP contribution in [0.4, 0.5) is 0 Å². The van der Waals surface area contributed by atoms with Gasteiger partial charge in [-0.2, -0.15) is 0 Å². The smallest absolute Gasteiger partial charge is 0.185 e. The van der Waals surface area contributed by atoms with Crippen molar-refractivity contribution < 1.29 is 12.9 Å². The van der Waals surface area contributed by atoms with Gasteiger partial charge in [0.2, 0.25) is 0 Å². The molecule has 0 atom stereocenters. The molecule has 1 aromatic rings. The zero-order valence-corrected chi connectivity index (χ0v) is 13.8. The molecular weight excluding hydrogens is 272 g/mol. The van der Waals surface area contributed by atoms with Crippen LogP contribution in [0, 0.1) is 0 Å². The molecular formula is C15H25N2O2S+. The normalized spacial score (nSPS) is 13.3. The van der Waals surface area contributed by atoms with Crippen molar-refractivity contribution in [2.45, 2.75) is 0 Å². The molecule has 20 heavy (non-hydrogen) atoms. The summed E-state index contributed by atoms with van der Waals surface area (Å²) in [6.07, 6.45) is 1.68. The molecule has 0 saturated heterocycles. The van der Waals surface area contributed by atoms with Crippen LogP contribution in [0.2, 0.25) is 0 Å². The molecule has 0 heterocycles. The molecule has 0 spiro atoms. The van der Waals surface area contributed by atoms with Crippen molar-refractivity contribution in [2.24, 2.45) is 0 Å². The molecule has 0 fully saturated rings. The summed E-state index contributed by atoms with van der Waals surface area (Å²) in [6.45, 7) is 0.583. The number of hydrogen-bond acceptors (Lipinski definition) is 3. The summed E-state index contributed by atoms with van der Waals surface area (Å²) in [4.78, 5) is 2.16. The van der Waals surface area contributed by atoms with Crippen molar-refractivity contribution in [3.63, 3.8) is 0 Å². The second-order valence-electron chi connectivity index (χ2n) is 6.16. The molecule has 0 bridgehead atoms. The average molecular weight is 297 g/mol. The van der Waals surface area contributed by atoms with Gasteiger partial charge in [-0.15, -0.1) is 0 Å². The molecule has 0 N–H and O–H groups in total. The summed E-state index contributed by atoms with van der Waals surface area (Å²) in [6, 6.07) is 9.26. The first-order chi connectivity index (χ1) is 9.12. The lowest BCUT2D eigenvalue weighted by Gasteiger charge is -2.24. The van der Waals surface area contributed by atoms with E-state index in [2.05, 4.69) is 0 Å². The van der Waals surface area contributed by atoms with Gasteiger partial charge in [0.15, 0.2) is 9.84 Å². The average Bonchev–Trinajstić information content (AvgIpc) is 2.34. The Bertz CT molecular complexity index is 555. The first-order valence-electron chi connectivity index (χ1n) is 6.59. The van der Waals surface area contributed by atoms with Crippen LogP contribution in [0.3, 0.4) is 0 Å². The number of quaternary nitrogens is 1. The minimum Gasteiger partial charge on any atom is -0.382 e. The Morgan fingerprint density at radius 2 is 1.70 bits per heavy atom. The van der Waals surface area contributed by atoms with E-state index >= 15 is 0 Å². The Morgan fingerprint density at radius 1 is 1.15 bits per heavy atom. The van der Waals surface area contributed by atoms with Crippen LogP contribution >= 0.6 is 0 Å². The molecule has 0 aliphatic heterocycles. The molecule has 0 unspecified atom stereocenters. The Kier molecular flexibility index (Phi) is 5.36. The number of nitrogens with zero attached hydrogens (tertiary/aromatic N) is 2. The third kappa shape index (κ3) is 5.35. The van der Waals surface area contributed by atoms with Gasteiger partial charge in [0, 0.05) is 20.3 Å². The van der Waals surface area contributed by atoms with Gasteiger partial charge in [0.05, 0.1) is 32.6 Å². The van der Waals surface area contributed by atoms with Crippen molar-refractivity contribution in [3.8, 4) is 0 Å². The zero-order chi connectivity index (χ0) is 15.4. The van der Waals surface area contributed by atoms with Crippen molar-refractivity contribution >= 4 is 14.7 Å². The molecule has 4 nitrogen and oxygen atoms in total. The standard InChI is InChI=1S/C15H25N2O2S/c1-16(2)13-15(14-9-7-6-8-10-14)20(18,19)12-11-17(3,4)5/h6-10,13H,11-12H2,1-5H3/q+1/b15-13+. The van der Waals surface area contributed by atoms with Gasteiger partial charge in [0.1, 0.15) is 5.75 Å². The van der Waals surface area contributed by atoms with Gasteiger partial charge in [0.25, 0.3) is 0 Å². The van der Waals surface area contributed by atoms with Crippen LogP contribution in [-0.2, 0) is 9.84 Å². The van der Waals surface area contributed by atoms with Crippen molar-refractivity contribution in [3.05, 3.63) is 42.1 Å². The predicted molar refractivity (Wildman–Crippen MR) is 84.8 cm³/mol. The predicted octanol–water partition coefficient (Wildman–Crippen LogP) is 1.67. The van der Waals surface area contributed by atoms with Gasteiger partial charge in [-0.1, -0.05) is 30.3 Å². The van der Waals surface area contributed by atoms with Crippen LogP contribution in [0.5, 0.6) is 0 Å². The van der Waals surface area contributed by atoms with E-state index in [1.165, 1.54) is 0 Å². The highest BCUT2D eigenvalue weighted by molar-refractivity contribution is 8.00. The summed E-state index contributed by atoms with van der Waals surface area (Å²) < 4.78 is 25.8. The Balaban J connectivity index is 3.13. The largest absolute Gasteiger partial charge is 0.382 e. The first kappa shape index (κ1) is 16.7. The van der Waals surface area contributed by atoms with Crippen LogP contribution in [0.25, 0.3) is 4.91 Å². The lowest BCUT2D eigenvalue weighted by molar-refractivity contribution is -0.867. The molecule has 112 valence electrons. The van der Waals surface area contributed by atoms with E-state index in [-0.39, 0.29) is 5.75 Å². The molecule has 0 aliphatic carbocycles. The highest BCUT2D eigenvalue weighted by Gasteiger charge is 2.23. The molecule has 1 rings (SSSR count). The molecule has 1 aromatic carbocycles. The van der Waals surface area contributed by atoms with E-state index < -0.39 is 9.84 Å². The second kappa shape index (κ2) is 6.41. The van der Waals surface area contributed by atoms with Gasteiger partial charge in [-0.05, 0) is 5.56 Å². The van der Waals surface area contributed by atoms with Crippen molar-refractivity contribution in [1.82, 2.24) is 4.90 Å². The molecule has 0 amide bonds. The van der Waals surface area contributed by atoms with Crippen molar-refractivity contribution in [2.75, 3.05) is 47.5 Å². The molecule has 0 saturated carbocycles. The van der Waals surface area contributed by atoms with Gasteiger partial charge in [-0.25, -0.2) is 8.42 Å². The molecule has 0 radical (unpaired) electrons. The van der Waals surface area contributed by atoms with E-state index in [4.69, 9.17) is 0 Å². The lowest BCUT2D eigenvalue weighted by atomic mass is 10.2. The fraction of sp³-hybridized carbons (Fsp3) is 0.467. The Hall–Kier alpha value is -1.33. The number of rotatable bonds is 6. The third-order valence-electron chi connectivity index (χ3n) is 2.80. The second-order valence-corrected chi connectivity index (χ2v) is 8.23. The fourth-order valence-electron chi connectivity index (χ4n) is 1.68. The Morgan fingerprint density at radius 3 is 2.15 bits per heavy atom. The third-order valence-corrected chi connectivity index (χ3v) is 4.53. The summed E-state index contributed by atoms with van der Waals surface area (Å²) >= 11 is 0. The van der Waals surface area contributed by atoms with E-state index in [0.717, 1.165) is 5.56 Å². The lowest BCUT2D eigenvalue weighted by Crippen LogP contribution is -2.38. The van der Waals surface area contributed by atoms with Crippen LogP contribution < -0.4 is 0 Å². The van der Waals surface area contributed by atoms with E-state index in [9.17, 15) is 8.42 Å². The number of sulfone groups is 1. The van der Waals surface area contributed by atoms with Crippen LogP contribution in [0.1, 0.15) is 5.56 Å². The van der Waals surface area contributed by atoms with Gasteiger partial charge >= 0.3 is 0 Å².